The van der Waals surface area contributed by atoms with E-state index >= 15 is 0 Å². The van der Waals surface area contributed by atoms with Gasteiger partial charge in [0.05, 0.1) is 20.1 Å². The van der Waals surface area contributed by atoms with Crippen LogP contribution in [0.1, 0.15) is 22.6 Å². The topological polar surface area (TPSA) is 86.3 Å². The molecule has 0 aliphatic carbocycles. The van der Waals surface area contributed by atoms with Gasteiger partial charge in [-0.05, 0) is 61.3 Å². The molecule has 0 bridgehead atoms. The third-order valence-corrected chi connectivity index (χ3v) is 4.86. The summed E-state index contributed by atoms with van der Waals surface area (Å²) < 4.78 is 21.8. The van der Waals surface area contributed by atoms with Crippen molar-refractivity contribution in [1.29, 1.82) is 0 Å². The molecule has 1 aliphatic heterocycles. The first-order valence-electron chi connectivity index (χ1n) is 9.08. The minimum Gasteiger partial charge on any atom is -0.493 e. The van der Waals surface area contributed by atoms with Gasteiger partial charge in [0.2, 0.25) is 6.79 Å². The molecule has 3 rings (SSSR count). The van der Waals surface area contributed by atoms with Crippen molar-refractivity contribution in [3.05, 3.63) is 47.0 Å². The van der Waals surface area contributed by atoms with Gasteiger partial charge in [-0.1, -0.05) is 12.1 Å². The summed E-state index contributed by atoms with van der Waals surface area (Å²) in [7, 11) is 4.97. The largest absolute Gasteiger partial charge is 0.493 e. The molecule has 0 spiro atoms. The fourth-order valence-electron chi connectivity index (χ4n) is 3.47. The number of likely N-dealkylation sites (N-methyl/N-ethyl adjacent to an activating group) is 1. The van der Waals surface area contributed by atoms with Crippen LogP contribution in [0.15, 0.2) is 30.3 Å². The highest BCUT2D eigenvalue weighted by Crippen LogP contribution is 2.40. The van der Waals surface area contributed by atoms with Crippen molar-refractivity contribution in [2.75, 3.05) is 34.6 Å². The normalized spacial score (nSPS) is 13.2. The maximum Gasteiger partial charge on any atom is 0.311 e. The van der Waals surface area contributed by atoms with Gasteiger partial charge in [-0.2, -0.15) is 0 Å². The summed E-state index contributed by atoms with van der Waals surface area (Å²) in [6, 6.07) is 9.15. The predicted molar refractivity (Wildman–Crippen MR) is 104 cm³/mol. The van der Waals surface area contributed by atoms with Crippen molar-refractivity contribution in [3.63, 3.8) is 0 Å². The summed E-state index contributed by atoms with van der Waals surface area (Å²) in [6.07, 6.45) is 0.948. The van der Waals surface area contributed by atoms with E-state index in [4.69, 9.17) is 18.9 Å². The number of methoxy groups -OCH3 is 2. The molecule has 2 N–H and O–H groups in total. The minimum absolute atomic E-state index is 0.145. The zero-order valence-electron chi connectivity index (χ0n) is 16.3. The van der Waals surface area contributed by atoms with E-state index < -0.39 is 11.9 Å². The smallest absolute Gasteiger partial charge is 0.311 e. The Morgan fingerprint density at radius 2 is 1.93 bits per heavy atom. The second-order valence-corrected chi connectivity index (χ2v) is 6.51. The van der Waals surface area contributed by atoms with E-state index in [1.165, 1.54) is 0 Å². The van der Waals surface area contributed by atoms with Crippen LogP contribution in [0.2, 0.25) is 0 Å². The zero-order chi connectivity index (χ0) is 20.1. The molecule has 1 atom stereocenters. The maximum absolute atomic E-state index is 12.2. The molecule has 1 unspecified atom stereocenters. The van der Waals surface area contributed by atoms with E-state index in [-0.39, 0.29) is 13.2 Å². The van der Waals surface area contributed by atoms with E-state index in [1.54, 1.807) is 26.4 Å². The number of carboxylic acids is 1. The predicted octanol–water partition coefficient (Wildman–Crippen LogP) is 2.61. The van der Waals surface area contributed by atoms with Crippen molar-refractivity contribution in [2.24, 2.45) is 0 Å². The highest BCUT2D eigenvalue weighted by atomic mass is 16.7. The molecular formula is C21H25NO6. The van der Waals surface area contributed by atoms with Gasteiger partial charge < -0.3 is 29.4 Å². The number of para-hydroxylation sites is 1. The Kier molecular flexibility index (Phi) is 6.26. The fraction of sp³-hybridized carbons (Fsp3) is 0.381. The van der Waals surface area contributed by atoms with Gasteiger partial charge in [0.1, 0.15) is 0 Å². The van der Waals surface area contributed by atoms with Crippen LogP contribution < -0.4 is 24.3 Å². The second-order valence-electron chi connectivity index (χ2n) is 6.51. The number of hydrogen-bond acceptors (Lipinski definition) is 6. The third-order valence-electron chi connectivity index (χ3n) is 4.86. The Balaban J connectivity index is 2.03. The second kappa shape index (κ2) is 8.84. The zero-order valence-corrected chi connectivity index (χ0v) is 16.3. The van der Waals surface area contributed by atoms with Gasteiger partial charge in [-0.3, -0.25) is 4.79 Å². The molecule has 0 fully saturated rings. The summed E-state index contributed by atoms with van der Waals surface area (Å²) in [5.74, 6) is 0.681. The Bertz CT molecular complexity index is 851. The number of benzene rings is 2. The Hall–Kier alpha value is -2.93. The molecule has 150 valence electrons. The van der Waals surface area contributed by atoms with Crippen LogP contribution in [-0.4, -0.2) is 45.7 Å². The van der Waals surface area contributed by atoms with Crippen molar-refractivity contribution in [3.8, 4) is 23.0 Å². The van der Waals surface area contributed by atoms with Crippen molar-refractivity contribution >= 4 is 5.97 Å². The van der Waals surface area contributed by atoms with Gasteiger partial charge in [0.25, 0.3) is 0 Å². The molecule has 2 aromatic rings. The molecule has 2 aromatic carbocycles. The summed E-state index contributed by atoms with van der Waals surface area (Å²) in [5, 5.41) is 13.1. The van der Waals surface area contributed by atoms with Crippen LogP contribution in [0.3, 0.4) is 0 Å². The van der Waals surface area contributed by atoms with Crippen LogP contribution >= 0.6 is 0 Å². The van der Waals surface area contributed by atoms with E-state index in [1.807, 2.05) is 25.2 Å². The number of carbonyl (C=O) groups is 1. The van der Waals surface area contributed by atoms with Crippen LogP contribution in [-0.2, 0) is 17.6 Å². The lowest BCUT2D eigenvalue weighted by atomic mass is 9.87. The van der Waals surface area contributed by atoms with Crippen LogP contribution in [0.5, 0.6) is 23.0 Å². The number of rotatable bonds is 9. The molecule has 1 heterocycles. The first kappa shape index (κ1) is 19.8. The van der Waals surface area contributed by atoms with Gasteiger partial charge in [-0.25, -0.2) is 0 Å². The van der Waals surface area contributed by atoms with Crippen molar-refractivity contribution in [2.45, 2.75) is 18.8 Å². The first-order chi connectivity index (χ1) is 13.6. The molecule has 0 radical (unpaired) electrons. The number of aliphatic carboxylic acids is 1. The summed E-state index contributed by atoms with van der Waals surface area (Å²) in [6.45, 7) is 0.868. The summed E-state index contributed by atoms with van der Waals surface area (Å²) >= 11 is 0. The average Bonchev–Trinajstić information content (AvgIpc) is 3.16. The molecule has 0 saturated carbocycles. The third kappa shape index (κ3) is 3.99. The Morgan fingerprint density at radius 3 is 2.57 bits per heavy atom. The van der Waals surface area contributed by atoms with E-state index in [2.05, 4.69) is 5.32 Å². The lowest BCUT2D eigenvalue weighted by Crippen LogP contribution is -2.19. The highest BCUT2D eigenvalue weighted by Gasteiger charge is 2.28. The van der Waals surface area contributed by atoms with Crippen molar-refractivity contribution in [1.82, 2.24) is 5.32 Å². The van der Waals surface area contributed by atoms with Gasteiger partial charge in [-0.15, -0.1) is 0 Å². The van der Waals surface area contributed by atoms with E-state index in [0.717, 1.165) is 23.2 Å². The number of ether oxygens (including phenoxy) is 4. The highest BCUT2D eigenvalue weighted by molar-refractivity contribution is 5.78. The molecule has 0 aromatic heterocycles. The van der Waals surface area contributed by atoms with Crippen LogP contribution in [0.4, 0.5) is 0 Å². The number of nitrogens with one attached hydrogen (secondary N) is 1. The maximum atomic E-state index is 12.2. The number of carboxylic acid groups (broad SMARTS) is 1. The average molecular weight is 387 g/mol. The standard InChI is InChI=1S/C21H25NO6/c1-22-8-7-13-10-18-19(28-12-27-18)11-15(13)16(21(23)24)9-14-5-4-6-17(25-2)20(14)26-3/h4-6,10-11,16,22H,7-9,12H2,1-3H3,(H,23,24). The molecule has 0 amide bonds. The molecule has 1 aliphatic rings. The van der Waals surface area contributed by atoms with Gasteiger partial charge in [0.15, 0.2) is 23.0 Å². The Morgan fingerprint density at radius 1 is 1.18 bits per heavy atom. The minimum atomic E-state index is -0.908. The van der Waals surface area contributed by atoms with Crippen LogP contribution in [0, 0.1) is 0 Å². The lowest BCUT2D eigenvalue weighted by molar-refractivity contribution is -0.138. The fourth-order valence-corrected chi connectivity index (χ4v) is 3.47. The monoisotopic (exact) mass is 387 g/mol. The van der Waals surface area contributed by atoms with Crippen LogP contribution in [0.25, 0.3) is 0 Å². The van der Waals surface area contributed by atoms with Gasteiger partial charge in [0, 0.05) is 0 Å². The number of fused-ring (bicyclic) bond motifs is 1. The molecule has 7 heteroatoms. The van der Waals surface area contributed by atoms with Crippen molar-refractivity contribution < 1.29 is 28.8 Å². The summed E-state index contributed by atoms with van der Waals surface area (Å²) in [4.78, 5) is 12.2. The Labute approximate surface area is 164 Å². The molecular weight excluding hydrogens is 362 g/mol. The van der Waals surface area contributed by atoms with E-state index in [9.17, 15) is 9.90 Å². The van der Waals surface area contributed by atoms with Gasteiger partial charge >= 0.3 is 5.97 Å². The quantitative estimate of drug-likeness (QED) is 0.684. The molecule has 28 heavy (non-hydrogen) atoms. The number of hydrogen-bond donors (Lipinski definition) is 2. The van der Waals surface area contributed by atoms with E-state index in [0.29, 0.717) is 29.4 Å². The first-order valence-corrected chi connectivity index (χ1v) is 9.08. The SMILES string of the molecule is CNCCc1cc2c(cc1C(Cc1cccc(OC)c1OC)C(=O)O)OCO2. The molecule has 0 saturated heterocycles. The molecule has 7 nitrogen and oxygen atoms in total. The lowest BCUT2D eigenvalue weighted by Gasteiger charge is -2.20. The summed E-state index contributed by atoms with van der Waals surface area (Å²) in [5.41, 5.74) is 2.41.